The molecule has 0 radical (unpaired) electrons. The van der Waals surface area contributed by atoms with E-state index in [0.29, 0.717) is 0 Å². The molecule has 3 nitrogen and oxygen atoms in total. The average Bonchev–Trinajstić information content (AvgIpc) is 2.56. The topological polar surface area (TPSA) is 24.8 Å². The van der Waals surface area contributed by atoms with Crippen LogP contribution in [0, 0.1) is 3.57 Å². The number of nitrogens with zero attached hydrogens (tertiary/aromatic N) is 1. The standard InChI is InChI=1S/C18H19IN2O/c19-17-9-5-4-8-16(17)18(22)21-12-10-20(11-13-21)14-15-6-2-1-3-7-15/h1-9H,10-14H2/p+1. The molecule has 1 amide bonds. The van der Waals surface area contributed by atoms with Crippen molar-refractivity contribution in [2.75, 3.05) is 26.2 Å². The molecule has 0 saturated carbocycles. The van der Waals surface area contributed by atoms with Crippen molar-refractivity contribution in [2.45, 2.75) is 6.54 Å². The Labute approximate surface area is 145 Å². The van der Waals surface area contributed by atoms with E-state index in [9.17, 15) is 4.79 Å². The number of hydrogen-bond donors (Lipinski definition) is 1. The molecule has 1 N–H and O–H groups in total. The lowest BCUT2D eigenvalue weighted by atomic mass is 10.1. The van der Waals surface area contributed by atoms with Crippen LogP contribution in [0.5, 0.6) is 0 Å². The predicted octanol–water partition coefficient (Wildman–Crippen LogP) is 1.83. The number of rotatable bonds is 3. The summed E-state index contributed by atoms with van der Waals surface area (Å²) < 4.78 is 1.03. The Morgan fingerprint density at radius 3 is 2.32 bits per heavy atom. The summed E-state index contributed by atoms with van der Waals surface area (Å²) in [5.41, 5.74) is 2.20. The summed E-state index contributed by atoms with van der Waals surface area (Å²) in [6.07, 6.45) is 0. The Morgan fingerprint density at radius 1 is 1.00 bits per heavy atom. The second-order valence-electron chi connectivity index (χ2n) is 5.68. The van der Waals surface area contributed by atoms with Crippen molar-refractivity contribution >= 4 is 28.5 Å². The maximum absolute atomic E-state index is 12.6. The lowest BCUT2D eigenvalue weighted by molar-refractivity contribution is -0.917. The Bertz CT molecular complexity index is 637. The Morgan fingerprint density at radius 2 is 1.64 bits per heavy atom. The molecule has 0 atom stereocenters. The smallest absolute Gasteiger partial charge is 0.255 e. The molecule has 1 aliphatic heterocycles. The highest BCUT2D eigenvalue weighted by Gasteiger charge is 2.25. The number of halogens is 1. The molecule has 2 aromatic carbocycles. The fraction of sp³-hybridized carbons (Fsp3) is 0.278. The Balaban J connectivity index is 1.58. The van der Waals surface area contributed by atoms with E-state index in [2.05, 4.69) is 52.9 Å². The first-order valence-electron chi connectivity index (χ1n) is 7.65. The molecule has 1 aliphatic rings. The fourth-order valence-corrected chi connectivity index (χ4v) is 3.51. The molecule has 0 spiro atoms. The molecule has 114 valence electrons. The first kappa shape index (κ1) is 15.5. The number of amides is 1. The molecule has 1 saturated heterocycles. The third-order valence-corrected chi connectivity index (χ3v) is 5.10. The zero-order chi connectivity index (χ0) is 15.4. The minimum atomic E-state index is 0.170. The van der Waals surface area contributed by atoms with Crippen LogP contribution in [-0.4, -0.2) is 37.0 Å². The van der Waals surface area contributed by atoms with Crippen molar-refractivity contribution in [1.29, 1.82) is 0 Å². The third-order valence-electron chi connectivity index (χ3n) is 4.16. The van der Waals surface area contributed by atoms with Crippen molar-refractivity contribution in [3.63, 3.8) is 0 Å². The first-order chi connectivity index (χ1) is 10.7. The molecule has 0 unspecified atom stereocenters. The zero-order valence-corrected chi connectivity index (χ0v) is 14.6. The average molecular weight is 407 g/mol. The number of benzene rings is 2. The van der Waals surface area contributed by atoms with E-state index >= 15 is 0 Å². The van der Waals surface area contributed by atoms with Gasteiger partial charge in [0.2, 0.25) is 0 Å². The van der Waals surface area contributed by atoms with Crippen LogP contribution in [0.4, 0.5) is 0 Å². The lowest BCUT2D eigenvalue weighted by Gasteiger charge is -2.32. The van der Waals surface area contributed by atoms with Gasteiger partial charge in [-0.25, -0.2) is 0 Å². The zero-order valence-electron chi connectivity index (χ0n) is 12.5. The van der Waals surface area contributed by atoms with Crippen LogP contribution in [0.2, 0.25) is 0 Å². The van der Waals surface area contributed by atoms with Crippen molar-refractivity contribution in [1.82, 2.24) is 4.90 Å². The number of nitrogens with one attached hydrogen (secondary N) is 1. The van der Waals surface area contributed by atoms with Gasteiger partial charge in [-0.2, -0.15) is 0 Å². The third kappa shape index (κ3) is 3.67. The van der Waals surface area contributed by atoms with Gasteiger partial charge in [0.1, 0.15) is 6.54 Å². The summed E-state index contributed by atoms with van der Waals surface area (Å²) in [4.78, 5) is 16.1. The first-order valence-corrected chi connectivity index (χ1v) is 8.73. The van der Waals surface area contributed by atoms with E-state index in [4.69, 9.17) is 0 Å². The molecule has 0 bridgehead atoms. The Kier molecular flexibility index (Phi) is 5.10. The van der Waals surface area contributed by atoms with Gasteiger partial charge in [0.05, 0.1) is 31.7 Å². The maximum atomic E-state index is 12.6. The summed E-state index contributed by atoms with van der Waals surface area (Å²) in [6.45, 7) is 4.76. The predicted molar refractivity (Wildman–Crippen MR) is 95.9 cm³/mol. The van der Waals surface area contributed by atoms with Crippen molar-refractivity contribution < 1.29 is 9.69 Å². The van der Waals surface area contributed by atoms with Crippen molar-refractivity contribution in [3.8, 4) is 0 Å². The van der Waals surface area contributed by atoms with E-state index < -0.39 is 0 Å². The van der Waals surface area contributed by atoms with Crippen LogP contribution < -0.4 is 4.90 Å². The second kappa shape index (κ2) is 7.24. The van der Waals surface area contributed by atoms with Crippen LogP contribution in [0.25, 0.3) is 0 Å². The van der Waals surface area contributed by atoms with Gasteiger partial charge >= 0.3 is 0 Å². The highest BCUT2D eigenvalue weighted by Crippen LogP contribution is 2.14. The normalized spacial score (nSPS) is 15.8. The van der Waals surface area contributed by atoms with E-state index in [1.807, 2.05) is 29.2 Å². The van der Waals surface area contributed by atoms with E-state index in [1.165, 1.54) is 5.56 Å². The molecule has 0 aliphatic carbocycles. The number of carbonyl (C=O) groups excluding carboxylic acids is 1. The summed E-state index contributed by atoms with van der Waals surface area (Å²) in [7, 11) is 0. The van der Waals surface area contributed by atoms with Crippen LogP contribution in [0.1, 0.15) is 15.9 Å². The summed E-state index contributed by atoms with van der Waals surface area (Å²) in [6, 6.07) is 18.4. The number of quaternary nitrogens is 1. The highest BCUT2D eigenvalue weighted by molar-refractivity contribution is 14.1. The molecular formula is C18H20IN2O+. The van der Waals surface area contributed by atoms with Gasteiger partial charge in [0, 0.05) is 9.13 Å². The van der Waals surface area contributed by atoms with Crippen LogP contribution in [0.15, 0.2) is 54.6 Å². The Hall–Kier alpha value is -1.40. The monoisotopic (exact) mass is 407 g/mol. The van der Waals surface area contributed by atoms with Gasteiger partial charge in [-0.15, -0.1) is 0 Å². The summed E-state index contributed by atoms with van der Waals surface area (Å²) in [5.74, 6) is 0.170. The molecule has 1 fully saturated rings. The van der Waals surface area contributed by atoms with Crippen LogP contribution in [0.3, 0.4) is 0 Å². The van der Waals surface area contributed by atoms with E-state index in [1.54, 1.807) is 4.90 Å². The van der Waals surface area contributed by atoms with Gasteiger partial charge in [-0.05, 0) is 34.7 Å². The molecule has 0 aromatic heterocycles. The van der Waals surface area contributed by atoms with Crippen LogP contribution >= 0.6 is 22.6 Å². The number of piperazine rings is 1. The van der Waals surface area contributed by atoms with E-state index in [0.717, 1.165) is 41.9 Å². The van der Waals surface area contributed by atoms with Gasteiger partial charge in [-0.1, -0.05) is 42.5 Å². The molecule has 2 aromatic rings. The van der Waals surface area contributed by atoms with Gasteiger partial charge in [-0.3, -0.25) is 4.79 Å². The van der Waals surface area contributed by atoms with Crippen molar-refractivity contribution in [3.05, 3.63) is 69.3 Å². The largest absolute Gasteiger partial charge is 0.328 e. The molecule has 3 rings (SSSR count). The number of carbonyl (C=O) groups is 1. The van der Waals surface area contributed by atoms with Crippen molar-refractivity contribution in [2.24, 2.45) is 0 Å². The van der Waals surface area contributed by atoms with Gasteiger partial charge in [0.25, 0.3) is 5.91 Å². The molecule has 4 heteroatoms. The maximum Gasteiger partial charge on any atom is 0.255 e. The quantitative estimate of drug-likeness (QED) is 0.772. The van der Waals surface area contributed by atoms with Gasteiger partial charge < -0.3 is 9.80 Å². The van der Waals surface area contributed by atoms with Gasteiger partial charge in [0.15, 0.2) is 0 Å². The number of hydrogen-bond acceptors (Lipinski definition) is 1. The minimum Gasteiger partial charge on any atom is -0.328 e. The molecule has 1 heterocycles. The molecular weight excluding hydrogens is 387 g/mol. The minimum absolute atomic E-state index is 0.170. The SMILES string of the molecule is O=C(c1ccccc1I)N1CC[NH+](Cc2ccccc2)CC1. The summed E-state index contributed by atoms with van der Waals surface area (Å²) in [5, 5.41) is 0. The lowest BCUT2D eigenvalue weighted by Crippen LogP contribution is -3.13. The van der Waals surface area contributed by atoms with Crippen LogP contribution in [-0.2, 0) is 6.54 Å². The second-order valence-corrected chi connectivity index (χ2v) is 6.85. The fourth-order valence-electron chi connectivity index (χ4n) is 2.89. The van der Waals surface area contributed by atoms with E-state index in [-0.39, 0.29) is 5.91 Å². The highest BCUT2D eigenvalue weighted by atomic mass is 127. The summed E-state index contributed by atoms with van der Waals surface area (Å²) >= 11 is 2.24. The molecule has 22 heavy (non-hydrogen) atoms.